The van der Waals surface area contributed by atoms with Gasteiger partial charge in [-0.15, -0.1) is 0 Å². The van der Waals surface area contributed by atoms with Crippen molar-refractivity contribution in [2.75, 3.05) is 0 Å². The van der Waals surface area contributed by atoms with Crippen LogP contribution in [-0.4, -0.2) is 20.6 Å². The molecule has 0 bridgehead atoms. The van der Waals surface area contributed by atoms with Gasteiger partial charge in [-0.25, -0.2) is 9.78 Å². The Morgan fingerprint density at radius 2 is 2.33 bits per heavy atom. The maximum Gasteiger partial charge on any atom is 0.337 e. The monoisotopic (exact) mass is 305 g/mol. The zero-order chi connectivity index (χ0) is 13.1. The highest BCUT2D eigenvalue weighted by atomic mass is 79.9. The molecular formula is C12H8BrN3O2. The van der Waals surface area contributed by atoms with E-state index in [0.29, 0.717) is 16.8 Å². The second-order valence-electron chi connectivity index (χ2n) is 3.65. The maximum absolute atomic E-state index is 10.8. The highest BCUT2D eigenvalue weighted by Gasteiger charge is 2.09. The van der Waals surface area contributed by atoms with Crippen LogP contribution in [0, 0.1) is 11.3 Å². The van der Waals surface area contributed by atoms with Crippen molar-refractivity contribution < 1.29 is 9.90 Å². The van der Waals surface area contributed by atoms with Crippen molar-refractivity contribution in [3.8, 4) is 6.07 Å². The number of carboxylic acids is 1. The zero-order valence-electron chi connectivity index (χ0n) is 9.17. The van der Waals surface area contributed by atoms with E-state index in [2.05, 4.69) is 20.9 Å². The lowest BCUT2D eigenvalue weighted by molar-refractivity contribution is 0.0697. The summed E-state index contributed by atoms with van der Waals surface area (Å²) in [7, 11) is 0. The summed E-state index contributed by atoms with van der Waals surface area (Å²) in [6.07, 6.45) is 3.10. The molecule has 2 aromatic heterocycles. The molecule has 2 aromatic rings. The Morgan fingerprint density at radius 1 is 1.56 bits per heavy atom. The Morgan fingerprint density at radius 3 is 2.94 bits per heavy atom. The molecule has 0 saturated carbocycles. The van der Waals surface area contributed by atoms with Gasteiger partial charge in [0.1, 0.15) is 11.8 Å². The van der Waals surface area contributed by atoms with E-state index in [9.17, 15) is 4.79 Å². The van der Waals surface area contributed by atoms with Gasteiger partial charge in [0.05, 0.1) is 10.2 Å². The van der Waals surface area contributed by atoms with Gasteiger partial charge in [-0.3, -0.25) is 0 Å². The van der Waals surface area contributed by atoms with Crippen molar-refractivity contribution in [1.29, 1.82) is 5.26 Å². The number of carbonyl (C=O) groups is 1. The lowest BCUT2D eigenvalue weighted by Gasteiger charge is -2.04. The molecule has 0 fully saturated rings. The minimum absolute atomic E-state index is 0.219. The number of rotatable bonds is 3. The van der Waals surface area contributed by atoms with E-state index in [1.807, 2.05) is 6.07 Å². The van der Waals surface area contributed by atoms with Crippen LogP contribution in [0.15, 0.2) is 35.2 Å². The molecule has 0 radical (unpaired) electrons. The summed E-state index contributed by atoms with van der Waals surface area (Å²) in [5.41, 5.74) is 1.44. The van der Waals surface area contributed by atoms with Crippen LogP contribution in [0.3, 0.4) is 0 Å². The highest BCUT2D eigenvalue weighted by molar-refractivity contribution is 9.10. The van der Waals surface area contributed by atoms with Gasteiger partial charge in [-0.1, -0.05) is 0 Å². The molecule has 0 aliphatic carbocycles. The third-order valence-corrected chi connectivity index (χ3v) is 3.07. The standard InChI is InChI=1S/C12H8BrN3O2/c13-11-4-9(12(17)18)7-16(11)6-8-1-2-15-10(3-8)5-14/h1-4,7H,6H2,(H,17,18). The van der Waals surface area contributed by atoms with E-state index in [1.165, 1.54) is 6.07 Å². The van der Waals surface area contributed by atoms with Crippen LogP contribution in [0.4, 0.5) is 0 Å². The molecule has 18 heavy (non-hydrogen) atoms. The molecule has 0 saturated heterocycles. The Labute approximate surface area is 111 Å². The Hall–Kier alpha value is -2.13. The molecule has 1 N–H and O–H groups in total. The number of nitriles is 1. The topological polar surface area (TPSA) is 78.9 Å². The van der Waals surface area contributed by atoms with Crippen LogP contribution >= 0.6 is 15.9 Å². The summed E-state index contributed by atoms with van der Waals surface area (Å²) in [6, 6.07) is 6.96. The van der Waals surface area contributed by atoms with Crippen molar-refractivity contribution in [1.82, 2.24) is 9.55 Å². The fourth-order valence-corrected chi connectivity index (χ4v) is 2.02. The smallest absolute Gasteiger partial charge is 0.337 e. The number of pyridine rings is 1. The normalized spacial score (nSPS) is 10.0. The van der Waals surface area contributed by atoms with Gasteiger partial charge < -0.3 is 9.67 Å². The van der Waals surface area contributed by atoms with Gasteiger partial charge in [0.2, 0.25) is 0 Å². The molecule has 0 aromatic carbocycles. The third kappa shape index (κ3) is 2.57. The quantitative estimate of drug-likeness (QED) is 0.943. The highest BCUT2D eigenvalue weighted by Crippen LogP contribution is 2.17. The van der Waals surface area contributed by atoms with Crippen LogP contribution in [0.2, 0.25) is 0 Å². The van der Waals surface area contributed by atoms with Gasteiger partial charge in [-0.05, 0) is 39.7 Å². The van der Waals surface area contributed by atoms with E-state index in [0.717, 1.165) is 5.56 Å². The number of halogens is 1. The first-order chi connectivity index (χ1) is 8.60. The van der Waals surface area contributed by atoms with Gasteiger partial charge in [0, 0.05) is 18.9 Å². The second-order valence-corrected chi connectivity index (χ2v) is 4.46. The van der Waals surface area contributed by atoms with Crippen LogP contribution in [0.25, 0.3) is 0 Å². The first-order valence-electron chi connectivity index (χ1n) is 5.04. The van der Waals surface area contributed by atoms with E-state index in [1.54, 1.807) is 29.1 Å². The van der Waals surface area contributed by atoms with Gasteiger partial charge in [0.15, 0.2) is 0 Å². The summed E-state index contributed by atoms with van der Waals surface area (Å²) < 4.78 is 2.43. The number of hydrogen-bond acceptors (Lipinski definition) is 3. The van der Waals surface area contributed by atoms with Gasteiger partial charge in [-0.2, -0.15) is 5.26 Å². The molecule has 0 aliphatic rings. The van der Waals surface area contributed by atoms with E-state index in [-0.39, 0.29) is 5.56 Å². The predicted octanol–water partition coefficient (Wildman–Crippen LogP) is 2.26. The van der Waals surface area contributed by atoms with Crippen molar-refractivity contribution in [2.45, 2.75) is 6.54 Å². The minimum atomic E-state index is -0.970. The lowest BCUT2D eigenvalue weighted by Crippen LogP contribution is -2.00. The SMILES string of the molecule is N#Cc1cc(Cn2cc(C(=O)O)cc2Br)ccn1. The Bertz CT molecular complexity index is 643. The molecule has 0 unspecified atom stereocenters. The summed E-state index contributed by atoms with van der Waals surface area (Å²) in [5, 5.41) is 17.6. The molecule has 0 spiro atoms. The summed E-state index contributed by atoms with van der Waals surface area (Å²) in [6.45, 7) is 0.477. The largest absolute Gasteiger partial charge is 0.478 e. The number of carboxylic acid groups (broad SMARTS) is 1. The first-order valence-corrected chi connectivity index (χ1v) is 5.83. The number of nitrogens with zero attached hydrogens (tertiary/aromatic N) is 3. The van der Waals surface area contributed by atoms with Crippen molar-refractivity contribution in [3.63, 3.8) is 0 Å². The molecule has 2 heterocycles. The van der Waals surface area contributed by atoms with Crippen LogP contribution in [0.1, 0.15) is 21.6 Å². The first kappa shape index (κ1) is 12.3. The second kappa shape index (κ2) is 5.02. The lowest BCUT2D eigenvalue weighted by atomic mass is 10.2. The molecule has 90 valence electrons. The van der Waals surface area contributed by atoms with Crippen molar-refractivity contribution >= 4 is 21.9 Å². The molecule has 0 atom stereocenters. The summed E-state index contributed by atoms with van der Waals surface area (Å²) in [4.78, 5) is 14.7. The van der Waals surface area contributed by atoms with E-state index < -0.39 is 5.97 Å². The van der Waals surface area contributed by atoms with E-state index >= 15 is 0 Å². The molecule has 2 rings (SSSR count). The van der Waals surface area contributed by atoms with E-state index in [4.69, 9.17) is 10.4 Å². The average molecular weight is 306 g/mol. The fourth-order valence-electron chi connectivity index (χ4n) is 1.55. The fraction of sp³-hybridized carbons (Fsp3) is 0.0833. The zero-order valence-corrected chi connectivity index (χ0v) is 10.8. The van der Waals surface area contributed by atoms with Crippen LogP contribution in [0.5, 0.6) is 0 Å². The molecule has 0 amide bonds. The molecule has 5 nitrogen and oxygen atoms in total. The van der Waals surface area contributed by atoms with Gasteiger partial charge in [0.25, 0.3) is 0 Å². The summed E-state index contributed by atoms with van der Waals surface area (Å²) in [5.74, 6) is -0.970. The van der Waals surface area contributed by atoms with Crippen molar-refractivity contribution in [2.24, 2.45) is 0 Å². The number of aromatic nitrogens is 2. The molecule has 6 heteroatoms. The Kier molecular flexibility index (Phi) is 3.44. The number of hydrogen-bond donors (Lipinski definition) is 1. The average Bonchev–Trinajstić information content (AvgIpc) is 2.71. The van der Waals surface area contributed by atoms with Gasteiger partial charge >= 0.3 is 5.97 Å². The van der Waals surface area contributed by atoms with Crippen molar-refractivity contribution in [3.05, 3.63) is 52.0 Å². The molecule has 0 aliphatic heterocycles. The maximum atomic E-state index is 10.8. The summed E-state index contributed by atoms with van der Waals surface area (Å²) >= 11 is 3.30. The third-order valence-electron chi connectivity index (χ3n) is 2.38. The van der Waals surface area contributed by atoms with Crippen LogP contribution in [-0.2, 0) is 6.54 Å². The predicted molar refractivity (Wildman–Crippen MR) is 67.1 cm³/mol. The Balaban J connectivity index is 2.28. The number of aromatic carboxylic acids is 1. The molecular weight excluding hydrogens is 298 g/mol. The van der Waals surface area contributed by atoms with Crippen LogP contribution < -0.4 is 0 Å². The minimum Gasteiger partial charge on any atom is -0.478 e.